The minimum atomic E-state index is -0.886. The number of pyridine rings is 1. The molecule has 2 rings (SSSR count). The summed E-state index contributed by atoms with van der Waals surface area (Å²) in [5.41, 5.74) is 0.668. The summed E-state index contributed by atoms with van der Waals surface area (Å²) in [7, 11) is 2.73. The highest BCUT2D eigenvalue weighted by molar-refractivity contribution is 5.93. The molecule has 1 aliphatic rings. The van der Waals surface area contributed by atoms with Crippen molar-refractivity contribution in [3.05, 3.63) is 23.9 Å². The van der Waals surface area contributed by atoms with Gasteiger partial charge in [-0.15, -0.1) is 0 Å². The van der Waals surface area contributed by atoms with Gasteiger partial charge in [0.2, 0.25) is 17.7 Å². The lowest BCUT2D eigenvalue weighted by Gasteiger charge is -2.19. The van der Waals surface area contributed by atoms with Crippen molar-refractivity contribution in [1.29, 1.82) is 0 Å². The van der Waals surface area contributed by atoms with Crippen molar-refractivity contribution in [3.8, 4) is 5.88 Å². The molecule has 0 aliphatic carbocycles. The number of carbonyl (C=O) groups is 3. The summed E-state index contributed by atoms with van der Waals surface area (Å²) >= 11 is 0. The zero-order valence-electron chi connectivity index (χ0n) is 13.0. The monoisotopic (exact) mass is 321 g/mol. The third kappa shape index (κ3) is 4.18. The van der Waals surface area contributed by atoms with Crippen LogP contribution in [0.2, 0.25) is 0 Å². The number of rotatable bonds is 6. The molecular formula is C15H19N3O5. The highest BCUT2D eigenvalue weighted by Gasteiger charge is 2.31. The van der Waals surface area contributed by atoms with Crippen molar-refractivity contribution in [3.63, 3.8) is 0 Å². The number of nitrogens with one attached hydrogen (secondary N) is 2. The smallest absolute Gasteiger partial charge is 0.328 e. The predicted octanol–water partition coefficient (Wildman–Crippen LogP) is -0.431. The van der Waals surface area contributed by atoms with Crippen LogP contribution in [0.5, 0.6) is 5.88 Å². The van der Waals surface area contributed by atoms with E-state index in [0.29, 0.717) is 24.3 Å². The Kier molecular flexibility index (Phi) is 5.51. The lowest BCUT2D eigenvalue weighted by atomic mass is 10.1. The van der Waals surface area contributed by atoms with Gasteiger partial charge in [0.05, 0.1) is 14.2 Å². The lowest BCUT2D eigenvalue weighted by molar-refractivity contribution is -0.145. The van der Waals surface area contributed by atoms with Crippen molar-refractivity contribution < 1.29 is 23.9 Å². The number of carbonyl (C=O) groups excluding carboxylic acids is 3. The van der Waals surface area contributed by atoms with Crippen molar-refractivity contribution >= 4 is 17.8 Å². The molecule has 1 aliphatic heterocycles. The lowest BCUT2D eigenvalue weighted by Crippen LogP contribution is -2.50. The second kappa shape index (κ2) is 7.57. The average molecular weight is 321 g/mol. The van der Waals surface area contributed by atoms with Gasteiger partial charge in [-0.25, -0.2) is 9.78 Å². The maximum atomic E-state index is 12.2. The number of hydrogen-bond acceptors (Lipinski definition) is 6. The van der Waals surface area contributed by atoms with E-state index >= 15 is 0 Å². The number of esters is 1. The van der Waals surface area contributed by atoms with Gasteiger partial charge in [-0.2, -0.15) is 0 Å². The van der Waals surface area contributed by atoms with Crippen LogP contribution in [-0.4, -0.2) is 49.1 Å². The predicted molar refractivity (Wildman–Crippen MR) is 79.6 cm³/mol. The molecule has 2 N–H and O–H groups in total. The Labute approximate surface area is 133 Å². The zero-order valence-corrected chi connectivity index (χ0v) is 13.0. The number of amides is 2. The molecule has 1 saturated heterocycles. The van der Waals surface area contributed by atoms with Gasteiger partial charge in [0.25, 0.3) is 0 Å². The third-order valence-corrected chi connectivity index (χ3v) is 3.58. The van der Waals surface area contributed by atoms with Gasteiger partial charge in [-0.3, -0.25) is 9.59 Å². The van der Waals surface area contributed by atoms with Crippen LogP contribution in [0.15, 0.2) is 18.3 Å². The van der Waals surface area contributed by atoms with Crippen LogP contribution >= 0.6 is 0 Å². The van der Waals surface area contributed by atoms with Gasteiger partial charge in [-0.1, -0.05) is 6.07 Å². The maximum Gasteiger partial charge on any atom is 0.328 e. The van der Waals surface area contributed by atoms with Gasteiger partial charge in [0, 0.05) is 24.6 Å². The van der Waals surface area contributed by atoms with E-state index in [1.165, 1.54) is 14.2 Å². The van der Waals surface area contributed by atoms with E-state index in [0.717, 1.165) is 0 Å². The summed E-state index contributed by atoms with van der Waals surface area (Å²) in [5, 5.41) is 5.18. The molecule has 2 atom stereocenters. The zero-order chi connectivity index (χ0) is 16.8. The molecule has 2 heterocycles. The van der Waals surface area contributed by atoms with Gasteiger partial charge in [0.1, 0.15) is 12.1 Å². The number of methoxy groups -OCH3 is 2. The minimum Gasteiger partial charge on any atom is -0.481 e. The normalized spacial score (nSPS) is 18.0. The van der Waals surface area contributed by atoms with E-state index in [1.54, 1.807) is 18.3 Å². The van der Waals surface area contributed by atoms with Crippen molar-refractivity contribution in [2.75, 3.05) is 14.2 Å². The van der Waals surface area contributed by atoms with Crippen LogP contribution in [0.3, 0.4) is 0 Å². The summed E-state index contributed by atoms with van der Waals surface area (Å²) in [5.74, 6) is -0.777. The first kappa shape index (κ1) is 16.7. The molecule has 0 unspecified atom stereocenters. The molecule has 23 heavy (non-hydrogen) atoms. The van der Waals surface area contributed by atoms with E-state index < -0.39 is 24.0 Å². The van der Waals surface area contributed by atoms with Crippen LogP contribution in [0.1, 0.15) is 18.4 Å². The van der Waals surface area contributed by atoms with Gasteiger partial charge in [-0.05, 0) is 12.5 Å². The highest BCUT2D eigenvalue weighted by atomic mass is 16.5. The van der Waals surface area contributed by atoms with Gasteiger partial charge < -0.3 is 20.1 Å². The number of ether oxygens (including phenoxy) is 2. The van der Waals surface area contributed by atoms with Crippen molar-refractivity contribution in [1.82, 2.24) is 15.6 Å². The minimum absolute atomic E-state index is 0.173. The maximum absolute atomic E-state index is 12.2. The largest absolute Gasteiger partial charge is 0.481 e. The number of hydrogen-bond donors (Lipinski definition) is 2. The molecule has 0 radical (unpaired) electrons. The summed E-state index contributed by atoms with van der Waals surface area (Å²) < 4.78 is 9.89. The van der Waals surface area contributed by atoms with Crippen LogP contribution in [-0.2, 0) is 25.5 Å². The van der Waals surface area contributed by atoms with E-state index in [-0.39, 0.29) is 12.3 Å². The summed E-state index contributed by atoms with van der Waals surface area (Å²) in [6.45, 7) is 0. The standard InChI is InChI=1S/C15H19N3O5/c1-22-14-9(4-3-7-16-14)8-11(15(21)23-2)18-13(20)10-5-6-12(19)17-10/h3-4,7,10-11H,5-6,8H2,1-2H3,(H,17,19)(H,18,20)/t10-,11+/m1/s1. The molecule has 8 nitrogen and oxygen atoms in total. The quantitative estimate of drug-likeness (QED) is 0.689. The Morgan fingerprint density at radius 2 is 2.26 bits per heavy atom. The second-order valence-corrected chi connectivity index (χ2v) is 5.12. The Morgan fingerprint density at radius 1 is 1.48 bits per heavy atom. The molecule has 0 saturated carbocycles. The Hall–Kier alpha value is -2.64. The molecule has 0 spiro atoms. The molecule has 1 aromatic rings. The highest BCUT2D eigenvalue weighted by Crippen LogP contribution is 2.16. The Balaban J connectivity index is 2.09. The molecule has 8 heteroatoms. The van der Waals surface area contributed by atoms with Crippen molar-refractivity contribution in [2.45, 2.75) is 31.3 Å². The van der Waals surface area contributed by atoms with Crippen molar-refractivity contribution in [2.24, 2.45) is 0 Å². The molecule has 0 aromatic carbocycles. The molecular weight excluding hydrogens is 302 g/mol. The average Bonchev–Trinajstić information content (AvgIpc) is 3.00. The van der Waals surface area contributed by atoms with E-state index in [4.69, 9.17) is 9.47 Å². The van der Waals surface area contributed by atoms with Crippen LogP contribution in [0.25, 0.3) is 0 Å². The topological polar surface area (TPSA) is 107 Å². The molecule has 2 amide bonds. The Bertz CT molecular complexity index is 605. The van der Waals surface area contributed by atoms with Gasteiger partial charge >= 0.3 is 5.97 Å². The first-order valence-corrected chi connectivity index (χ1v) is 7.20. The second-order valence-electron chi connectivity index (χ2n) is 5.12. The van der Waals surface area contributed by atoms with Gasteiger partial charge in [0.15, 0.2) is 0 Å². The van der Waals surface area contributed by atoms with E-state index in [2.05, 4.69) is 15.6 Å². The number of aromatic nitrogens is 1. The third-order valence-electron chi connectivity index (χ3n) is 3.58. The molecule has 1 fully saturated rings. The Morgan fingerprint density at radius 3 is 2.87 bits per heavy atom. The summed E-state index contributed by atoms with van der Waals surface area (Å²) in [4.78, 5) is 39.4. The SMILES string of the molecule is COC(=O)[C@H](Cc1cccnc1OC)NC(=O)[C@H]1CCC(=O)N1. The van der Waals surface area contributed by atoms with Crippen LogP contribution < -0.4 is 15.4 Å². The van der Waals surface area contributed by atoms with E-state index in [1.807, 2.05) is 0 Å². The molecule has 124 valence electrons. The summed E-state index contributed by atoms with van der Waals surface area (Å²) in [6.07, 6.45) is 2.46. The molecule has 1 aromatic heterocycles. The fourth-order valence-corrected chi connectivity index (χ4v) is 2.40. The first-order valence-electron chi connectivity index (χ1n) is 7.20. The van der Waals surface area contributed by atoms with E-state index in [9.17, 15) is 14.4 Å². The summed E-state index contributed by atoms with van der Waals surface area (Å²) in [6, 6.07) is 1.96. The molecule has 0 bridgehead atoms. The number of nitrogens with zero attached hydrogens (tertiary/aromatic N) is 1. The van der Waals surface area contributed by atoms with Crippen LogP contribution in [0.4, 0.5) is 0 Å². The first-order chi connectivity index (χ1) is 11.0. The van der Waals surface area contributed by atoms with Crippen LogP contribution in [0, 0.1) is 0 Å². The fraction of sp³-hybridized carbons (Fsp3) is 0.467. The fourth-order valence-electron chi connectivity index (χ4n) is 2.40.